The molecule has 0 radical (unpaired) electrons. The first-order valence-corrected chi connectivity index (χ1v) is 11.2. The average molecular weight is 397 g/mol. The third-order valence-electron chi connectivity index (χ3n) is 7.24. The summed E-state index contributed by atoms with van der Waals surface area (Å²) in [5.41, 5.74) is 5.19. The molecule has 5 heterocycles. The standard InChI is InChI=1S/C22H32N6O/c1-3-28-15(2)17(10-24-28)13-27-18-6-7-21(27)19-11-23-22(25-20(19)9-18)26-8-4-5-16(12-26)14-29/h10-11,16,18,21,29H,3-9,12-14H2,1-2H3. The Bertz CT molecular complexity index is 880. The Morgan fingerprint density at radius 1 is 1.21 bits per heavy atom. The van der Waals surface area contributed by atoms with Crippen molar-refractivity contribution in [1.82, 2.24) is 24.6 Å². The van der Waals surface area contributed by atoms with Gasteiger partial charge in [0.15, 0.2) is 0 Å². The van der Waals surface area contributed by atoms with Crippen LogP contribution in [0.1, 0.15) is 61.2 Å². The number of aryl methyl sites for hydroxylation is 1. The molecular formula is C22H32N6O. The Balaban J connectivity index is 1.37. The largest absolute Gasteiger partial charge is 0.396 e. The van der Waals surface area contributed by atoms with E-state index in [0.717, 1.165) is 51.4 Å². The Kier molecular flexibility index (Phi) is 5.04. The summed E-state index contributed by atoms with van der Waals surface area (Å²) in [6, 6.07) is 0.986. The zero-order valence-electron chi connectivity index (χ0n) is 17.6. The number of hydrogen-bond donors (Lipinski definition) is 1. The van der Waals surface area contributed by atoms with Crippen molar-refractivity contribution < 1.29 is 5.11 Å². The minimum absolute atomic E-state index is 0.259. The number of aromatic nitrogens is 4. The summed E-state index contributed by atoms with van der Waals surface area (Å²) in [5, 5.41) is 14.1. The van der Waals surface area contributed by atoms with Crippen LogP contribution in [0.5, 0.6) is 0 Å². The normalized spacial score (nSPS) is 26.7. The summed E-state index contributed by atoms with van der Waals surface area (Å²) in [6.07, 6.45) is 9.77. The van der Waals surface area contributed by atoms with Crippen LogP contribution in [0.25, 0.3) is 0 Å². The van der Waals surface area contributed by atoms with Gasteiger partial charge in [0.2, 0.25) is 5.95 Å². The van der Waals surface area contributed by atoms with Gasteiger partial charge in [0.25, 0.3) is 0 Å². The van der Waals surface area contributed by atoms with E-state index in [1.54, 1.807) is 0 Å². The Morgan fingerprint density at radius 3 is 2.90 bits per heavy atom. The van der Waals surface area contributed by atoms with Gasteiger partial charge >= 0.3 is 0 Å². The van der Waals surface area contributed by atoms with Crippen LogP contribution in [0.3, 0.4) is 0 Å². The number of fused-ring (bicyclic) bond motifs is 4. The van der Waals surface area contributed by atoms with Crippen molar-refractivity contribution in [3.05, 3.63) is 34.9 Å². The van der Waals surface area contributed by atoms with Gasteiger partial charge < -0.3 is 10.0 Å². The molecule has 3 aliphatic heterocycles. The lowest BCUT2D eigenvalue weighted by molar-refractivity contribution is 0.165. The first-order valence-electron chi connectivity index (χ1n) is 11.2. The first kappa shape index (κ1) is 19.0. The van der Waals surface area contributed by atoms with E-state index in [0.29, 0.717) is 18.0 Å². The molecule has 156 valence electrons. The van der Waals surface area contributed by atoms with Gasteiger partial charge in [-0.2, -0.15) is 5.10 Å². The van der Waals surface area contributed by atoms with Crippen LogP contribution in [0, 0.1) is 12.8 Å². The van der Waals surface area contributed by atoms with Gasteiger partial charge in [-0.25, -0.2) is 9.97 Å². The van der Waals surface area contributed by atoms with E-state index in [-0.39, 0.29) is 6.61 Å². The minimum atomic E-state index is 0.259. The van der Waals surface area contributed by atoms with Crippen molar-refractivity contribution in [1.29, 1.82) is 0 Å². The van der Waals surface area contributed by atoms with Crippen LogP contribution in [-0.2, 0) is 19.5 Å². The molecule has 0 saturated carbocycles. The number of nitrogens with zero attached hydrogens (tertiary/aromatic N) is 6. The van der Waals surface area contributed by atoms with E-state index in [2.05, 4.69) is 39.6 Å². The number of piperidine rings is 1. The number of hydrogen-bond acceptors (Lipinski definition) is 6. The van der Waals surface area contributed by atoms with Gasteiger partial charge in [0.05, 0.1) is 11.9 Å². The highest BCUT2D eigenvalue weighted by molar-refractivity contribution is 5.38. The average Bonchev–Trinajstić information content (AvgIpc) is 3.25. The Morgan fingerprint density at radius 2 is 2.10 bits per heavy atom. The lowest BCUT2D eigenvalue weighted by atomic mass is 9.98. The van der Waals surface area contributed by atoms with Gasteiger partial charge in [-0.3, -0.25) is 9.58 Å². The molecule has 7 nitrogen and oxygen atoms in total. The molecule has 1 N–H and O–H groups in total. The SMILES string of the molecule is CCn1ncc(CN2C3CCC2c2cnc(N4CCCC(CO)C4)nc2C3)c1C. The fraction of sp³-hybridized carbons (Fsp3) is 0.682. The highest BCUT2D eigenvalue weighted by Gasteiger charge is 2.41. The fourth-order valence-corrected chi connectivity index (χ4v) is 5.51. The van der Waals surface area contributed by atoms with Crippen molar-refractivity contribution in [3.63, 3.8) is 0 Å². The number of anilines is 1. The van der Waals surface area contributed by atoms with Crippen molar-refractivity contribution in [2.24, 2.45) is 5.92 Å². The maximum absolute atomic E-state index is 9.53. The summed E-state index contributed by atoms with van der Waals surface area (Å²) in [5.74, 6) is 1.21. The quantitative estimate of drug-likeness (QED) is 0.837. The van der Waals surface area contributed by atoms with Gasteiger partial charge in [-0.1, -0.05) is 0 Å². The highest BCUT2D eigenvalue weighted by Crippen LogP contribution is 2.44. The van der Waals surface area contributed by atoms with E-state index >= 15 is 0 Å². The van der Waals surface area contributed by atoms with Crippen molar-refractivity contribution in [2.75, 3.05) is 24.6 Å². The third kappa shape index (κ3) is 3.34. The third-order valence-corrected chi connectivity index (χ3v) is 7.24. The minimum Gasteiger partial charge on any atom is -0.396 e. The van der Waals surface area contributed by atoms with Gasteiger partial charge in [0.1, 0.15) is 0 Å². The molecule has 29 heavy (non-hydrogen) atoms. The summed E-state index contributed by atoms with van der Waals surface area (Å²) in [7, 11) is 0. The molecule has 0 aliphatic carbocycles. The van der Waals surface area contributed by atoms with Crippen LogP contribution >= 0.6 is 0 Å². The lowest BCUT2D eigenvalue weighted by Gasteiger charge is -2.37. The molecule has 5 rings (SSSR count). The topological polar surface area (TPSA) is 70.3 Å². The molecule has 0 aromatic carbocycles. The van der Waals surface area contributed by atoms with Crippen LogP contribution in [0.2, 0.25) is 0 Å². The predicted molar refractivity (Wildman–Crippen MR) is 112 cm³/mol. The van der Waals surface area contributed by atoms with Crippen molar-refractivity contribution in [2.45, 2.75) is 71.1 Å². The first-order chi connectivity index (χ1) is 14.2. The monoisotopic (exact) mass is 396 g/mol. The zero-order valence-corrected chi connectivity index (χ0v) is 17.6. The smallest absolute Gasteiger partial charge is 0.225 e. The Labute approximate surface area is 172 Å². The fourth-order valence-electron chi connectivity index (χ4n) is 5.51. The van der Waals surface area contributed by atoms with Crippen LogP contribution in [-0.4, -0.2) is 55.5 Å². The van der Waals surface area contributed by atoms with Crippen LogP contribution in [0.4, 0.5) is 5.95 Å². The molecule has 2 saturated heterocycles. The van der Waals surface area contributed by atoms with Crippen molar-refractivity contribution >= 4 is 5.95 Å². The number of aliphatic hydroxyl groups is 1. The summed E-state index contributed by atoms with van der Waals surface area (Å²) < 4.78 is 2.09. The molecular weight excluding hydrogens is 364 g/mol. The second kappa shape index (κ2) is 7.69. The Hall–Kier alpha value is -1.99. The highest BCUT2D eigenvalue weighted by atomic mass is 16.3. The van der Waals surface area contributed by atoms with E-state index in [9.17, 15) is 5.11 Å². The van der Waals surface area contributed by atoms with Gasteiger partial charge in [0, 0.05) is 74.3 Å². The maximum atomic E-state index is 9.53. The molecule has 2 aromatic heterocycles. The molecule has 0 spiro atoms. The van der Waals surface area contributed by atoms with E-state index in [1.165, 1.54) is 35.4 Å². The summed E-state index contributed by atoms with van der Waals surface area (Å²) >= 11 is 0. The molecule has 2 aromatic rings. The second-order valence-corrected chi connectivity index (χ2v) is 8.90. The van der Waals surface area contributed by atoms with Crippen molar-refractivity contribution in [3.8, 4) is 0 Å². The molecule has 0 amide bonds. The zero-order chi connectivity index (χ0) is 20.0. The van der Waals surface area contributed by atoms with Crippen LogP contribution < -0.4 is 4.90 Å². The van der Waals surface area contributed by atoms with Gasteiger partial charge in [-0.05, 0) is 45.4 Å². The van der Waals surface area contributed by atoms with E-state index in [1.807, 2.05) is 6.20 Å². The maximum Gasteiger partial charge on any atom is 0.225 e. The predicted octanol–water partition coefficient (Wildman–Crippen LogP) is 2.47. The lowest BCUT2D eigenvalue weighted by Crippen LogP contribution is -2.40. The molecule has 2 fully saturated rings. The molecule has 3 atom stereocenters. The van der Waals surface area contributed by atoms with Gasteiger partial charge in [-0.15, -0.1) is 0 Å². The molecule has 3 unspecified atom stereocenters. The second-order valence-electron chi connectivity index (χ2n) is 8.90. The van der Waals surface area contributed by atoms with E-state index in [4.69, 9.17) is 9.97 Å². The summed E-state index contributed by atoms with van der Waals surface area (Å²) in [6.45, 7) is 8.33. The summed E-state index contributed by atoms with van der Waals surface area (Å²) in [4.78, 5) is 14.7. The molecule has 3 aliphatic rings. The molecule has 7 heteroatoms. The van der Waals surface area contributed by atoms with Crippen LogP contribution in [0.15, 0.2) is 12.4 Å². The molecule has 2 bridgehead atoms. The number of aliphatic hydroxyl groups excluding tert-OH is 1. The number of rotatable bonds is 5. The van der Waals surface area contributed by atoms with E-state index < -0.39 is 0 Å².